The van der Waals surface area contributed by atoms with Gasteiger partial charge in [-0.15, -0.1) is 0 Å². The molecule has 1 aromatic carbocycles. The molecule has 3 rings (SSSR count). The van der Waals surface area contributed by atoms with Crippen LogP contribution in [0.2, 0.25) is 0 Å². The summed E-state index contributed by atoms with van der Waals surface area (Å²) in [5.41, 5.74) is 3.94. The standard InChI is InChI=1S/C16H20N2O/c1-3-5-15(19)18-9-8-13-10-17(2)14-7-4-6-12(11-18)16(13)14/h4,6-7,10H,3,5,8-9,11H2,1-2H3. The van der Waals surface area contributed by atoms with Gasteiger partial charge in [0.25, 0.3) is 0 Å². The van der Waals surface area contributed by atoms with Crippen molar-refractivity contribution in [2.24, 2.45) is 7.05 Å². The lowest BCUT2D eigenvalue weighted by molar-refractivity contribution is -0.131. The Labute approximate surface area is 113 Å². The average Bonchev–Trinajstić information content (AvgIpc) is 2.61. The number of nitrogens with zero attached hydrogens (tertiary/aromatic N) is 2. The summed E-state index contributed by atoms with van der Waals surface area (Å²) in [6, 6.07) is 6.41. The van der Waals surface area contributed by atoms with Gasteiger partial charge in [-0.2, -0.15) is 0 Å². The van der Waals surface area contributed by atoms with Crippen molar-refractivity contribution in [1.82, 2.24) is 9.47 Å². The molecule has 0 N–H and O–H groups in total. The second-order valence-electron chi connectivity index (χ2n) is 5.39. The monoisotopic (exact) mass is 256 g/mol. The fourth-order valence-electron chi connectivity index (χ4n) is 3.07. The number of carbonyl (C=O) groups is 1. The van der Waals surface area contributed by atoms with Crippen LogP contribution in [0.3, 0.4) is 0 Å². The van der Waals surface area contributed by atoms with Gasteiger partial charge in [0.1, 0.15) is 0 Å². The van der Waals surface area contributed by atoms with Crippen LogP contribution in [0.25, 0.3) is 10.9 Å². The van der Waals surface area contributed by atoms with E-state index in [-0.39, 0.29) is 5.91 Å². The minimum absolute atomic E-state index is 0.286. The Morgan fingerprint density at radius 3 is 2.95 bits per heavy atom. The van der Waals surface area contributed by atoms with Gasteiger partial charge in [0, 0.05) is 43.7 Å². The normalized spacial score (nSPS) is 14.7. The third kappa shape index (κ3) is 2.03. The van der Waals surface area contributed by atoms with E-state index in [4.69, 9.17) is 0 Å². The van der Waals surface area contributed by atoms with Crippen LogP contribution in [0.4, 0.5) is 0 Å². The molecule has 0 saturated carbocycles. The molecule has 0 atom stereocenters. The Bertz CT molecular complexity index is 627. The first kappa shape index (κ1) is 12.3. The first-order valence-electron chi connectivity index (χ1n) is 7.04. The number of hydrogen-bond acceptors (Lipinski definition) is 1. The quantitative estimate of drug-likeness (QED) is 0.811. The van der Waals surface area contributed by atoms with Gasteiger partial charge < -0.3 is 9.47 Å². The first-order chi connectivity index (χ1) is 9.20. The van der Waals surface area contributed by atoms with Crippen LogP contribution < -0.4 is 0 Å². The molecule has 0 unspecified atom stereocenters. The van der Waals surface area contributed by atoms with Gasteiger partial charge in [-0.3, -0.25) is 4.79 Å². The minimum Gasteiger partial charge on any atom is -0.350 e. The highest BCUT2D eigenvalue weighted by Gasteiger charge is 2.21. The highest BCUT2D eigenvalue weighted by molar-refractivity contribution is 5.88. The predicted octanol–water partition coefficient (Wildman–Crippen LogP) is 2.86. The second-order valence-corrected chi connectivity index (χ2v) is 5.39. The largest absolute Gasteiger partial charge is 0.350 e. The molecule has 0 radical (unpaired) electrons. The van der Waals surface area contributed by atoms with Crippen LogP contribution in [0.15, 0.2) is 24.4 Å². The van der Waals surface area contributed by atoms with Gasteiger partial charge >= 0.3 is 0 Å². The Hall–Kier alpha value is -1.77. The molecule has 2 aromatic rings. The van der Waals surface area contributed by atoms with E-state index in [1.54, 1.807) is 0 Å². The van der Waals surface area contributed by atoms with E-state index >= 15 is 0 Å². The maximum absolute atomic E-state index is 12.1. The number of aryl methyl sites for hydroxylation is 1. The molecule has 0 saturated heterocycles. The molecule has 19 heavy (non-hydrogen) atoms. The molecule has 1 aliphatic heterocycles. The maximum Gasteiger partial charge on any atom is 0.222 e. The maximum atomic E-state index is 12.1. The molecule has 0 spiro atoms. The molecular weight excluding hydrogens is 236 g/mol. The van der Waals surface area contributed by atoms with E-state index in [0.29, 0.717) is 6.42 Å². The van der Waals surface area contributed by atoms with Crippen molar-refractivity contribution in [2.75, 3.05) is 6.54 Å². The van der Waals surface area contributed by atoms with Crippen molar-refractivity contribution in [3.8, 4) is 0 Å². The topological polar surface area (TPSA) is 25.2 Å². The molecule has 100 valence electrons. The molecule has 1 amide bonds. The summed E-state index contributed by atoms with van der Waals surface area (Å²) in [7, 11) is 2.09. The molecule has 1 aliphatic rings. The van der Waals surface area contributed by atoms with E-state index in [2.05, 4.69) is 42.9 Å². The Balaban J connectivity index is 2.02. The average molecular weight is 256 g/mol. The van der Waals surface area contributed by atoms with Crippen molar-refractivity contribution in [2.45, 2.75) is 32.7 Å². The summed E-state index contributed by atoms with van der Waals surface area (Å²) < 4.78 is 2.19. The zero-order chi connectivity index (χ0) is 13.4. The predicted molar refractivity (Wildman–Crippen MR) is 76.9 cm³/mol. The van der Waals surface area contributed by atoms with Gasteiger partial charge in [-0.25, -0.2) is 0 Å². The summed E-state index contributed by atoms with van der Waals surface area (Å²) in [5, 5.41) is 1.36. The smallest absolute Gasteiger partial charge is 0.222 e. The summed E-state index contributed by atoms with van der Waals surface area (Å²) in [5.74, 6) is 0.286. The van der Waals surface area contributed by atoms with Crippen molar-refractivity contribution in [3.63, 3.8) is 0 Å². The van der Waals surface area contributed by atoms with E-state index in [0.717, 1.165) is 25.9 Å². The second kappa shape index (κ2) is 4.72. The van der Waals surface area contributed by atoms with Crippen LogP contribution in [-0.2, 0) is 24.8 Å². The van der Waals surface area contributed by atoms with Crippen LogP contribution in [0.1, 0.15) is 30.9 Å². The Kier molecular flexibility index (Phi) is 3.05. The van der Waals surface area contributed by atoms with Crippen LogP contribution >= 0.6 is 0 Å². The van der Waals surface area contributed by atoms with E-state index < -0.39 is 0 Å². The molecule has 0 bridgehead atoms. The number of carbonyl (C=O) groups excluding carboxylic acids is 1. The number of benzene rings is 1. The summed E-state index contributed by atoms with van der Waals surface area (Å²) in [6.07, 6.45) is 4.76. The summed E-state index contributed by atoms with van der Waals surface area (Å²) in [4.78, 5) is 14.1. The van der Waals surface area contributed by atoms with Crippen molar-refractivity contribution < 1.29 is 4.79 Å². The van der Waals surface area contributed by atoms with Crippen LogP contribution in [0, 0.1) is 0 Å². The van der Waals surface area contributed by atoms with Gasteiger partial charge in [-0.1, -0.05) is 19.1 Å². The first-order valence-corrected chi connectivity index (χ1v) is 7.04. The summed E-state index contributed by atoms with van der Waals surface area (Å²) >= 11 is 0. The lowest BCUT2D eigenvalue weighted by Gasteiger charge is -2.21. The lowest BCUT2D eigenvalue weighted by Crippen LogP contribution is -2.31. The SMILES string of the molecule is CCCC(=O)N1CCc2cn(C)c3cccc(c23)C1. The lowest BCUT2D eigenvalue weighted by atomic mass is 10.1. The van der Waals surface area contributed by atoms with Gasteiger partial charge in [-0.05, 0) is 30.0 Å². The van der Waals surface area contributed by atoms with Crippen LogP contribution in [-0.4, -0.2) is 21.9 Å². The van der Waals surface area contributed by atoms with E-state index in [9.17, 15) is 4.79 Å². The molecule has 0 fully saturated rings. The number of aromatic nitrogens is 1. The van der Waals surface area contributed by atoms with E-state index in [1.807, 2.05) is 4.90 Å². The zero-order valence-electron chi connectivity index (χ0n) is 11.6. The molecule has 3 heteroatoms. The number of amides is 1. The minimum atomic E-state index is 0.286. The zero-order valence-corrected chi connectivity index (χ0v) is 11.6. The third-order valence-corrected chi connectivity index (χ3v) is 4.01. The van der Waals surface area contributed by atoms with Gasteiger partial charge in [0.05, 0.1) is 0 Å². The molecule has 3 nitrogen and oxygen atoms in total. The summed E-state index contributed by atoms with van der Waals surface area (Å²) in [6.45, 7) is 3.66. The Morgan fingerprint density at radius 1 is 1.32 bits per heavy atom. The van der Waals surface area contributed by atoms with Crippen molar-refractivity contribution >= 4 is 16.8 Å². The molecular formula is C16H20N2O. The molecule has 2 heterocycles. The van der Waals surface area contributed by atoms with Gasteiger partial charge in [0.2, 0.25) is 5.91 Å². The molecule has 0 aliphatic carbocycles. The van der Waals surface area contributed by atoms with E-state index in [1.165, 1.54) is 22.0 Å². The van der Waals surface area contributed by atoms with Crippen molar-refractivity contribution in [3.05, 3.63) is 35.5 Å². The molecule has 1 aromatic heterocycles. The highest BCUT2D eigenvalue weighted by atomic mass is 16.2. The fourth-order valence-corrected chi connectivity index (χ4v) is 3.07. The van der Waals surface area contributed by atoms with Crippen LogP contribution in [0.5, 0.6) is 0 Å². The number of rotatable bonds is 2. The Morgan fingerprint density at radius 2 is 2.16 bits per heavy atom. The highest BCUT2D eigenvalue weighted by Crippen LogP contribution is 2.29. The van der Waals surface area contributed by atoms with Gasteiger partial charge in [0.15, 0.2) is 0 Å². The fraction of sp³-hybridized carbons (Fsp3) is 0.438. The third-order valence-electron chi connectivity index (χ3n) is 4.01. The number of hydrogen-bond donors (Lipinski definition) is 0. The van der Waals surface area contributed by atoms with Crippen molar-refractivity contribution in [1.29, 1.82) is 0 Å².